The largest absolute Gasteiger partial charge is 0.483 e. The first kappa shape index (κ1) is 17.8. The maximum atomic E-state index is 12.1. The Labute approximate surface area is 152 Å². The van der Waals surface area contributed by atoms with Gasteiger partial charge in [-0.2, -0.15) is 0 Å². The smallest absolute Gasteiger partial charge is 0.264 e. The molecule has 1 fully saturated rings. The van der Waals surface area contributed by atoms with Crippen molar-refractivity contribution in [1.29, 1.82) is 0 Å². The normalized spacial score (nSPS) is 15.1. The highest BCUT2D eigenvalue weighted by Gasteiger charge is 2.15. The Morgan fingerprint density at radius 3 is 2.64 bits per heavy atom. The van der Waals surface area contributed by atoms with Gasteiger partial charge in [-0.05, 0) is 50.9 Å². The second-order valence-corrected chi connectivity index (χ2v) is 7.46. The molecule has 0 atom stereocenters. The lowest BCUT2D eigenvalue weighted by atomic mass is 10.1. The molecular formula is C18H24N4O2S. The van der Waals surface area contributed by atoms with Crippen molar-refractivity contribution < 1.29 is 9.53 Å². The Kier molecular flexibility index (Phi) is 5.99. The number of aromatic nitrogens is 2. The number of carbonyl (C=O) groups excluding carboxylic acids is 1. The van der Waals surface area contributed by atoms with Crippen molar-refractivity contribution in [3.05, 3.63) is 34.3 Å². The van der Waals surface area contributed by atoms with Crippen molar-refractivity contribution in [2.45, 2.75) is 39.7 Å². The topological polar surface area (TPSA) is 67.3 Å². The molecule has 0 spiro atoms. The van der Waals surface area contributed by atoms with Crippen LogP contribution in [0.25, 0.3) is 0 Å². The van der Waals surface area contributed by atoms with Crippen LogP contribution >= 0.6 is 11.3 Å². The maximum Gasteiger partial charge on any atom is 0.264 e. The summed E-state index contributed by atoms with van der Waals surface area (Å²) < 4.78 is 5.67. The molecule has 2 heterocycles. The van der Waals surface area contributed by atoms with Crippen LogP contribution in [0.5, 0.6) is 5.75 Å². The molecule has 0 radical (unpaired) electrons. The van der Waals surface area contributed by atoms with Gasteiger partial charge in [-0.1, -0.05) is 36.0 Å². The Balaban J connectivity index is 1.49. The minimum atomic E-state index is -0.219. The highest BCUT2D eigenvalue weighted by molar-refractivity contribution is 7.15. The summed E-state index contributed by atoms with van der Waals surface area (Å²) in [5.41, 5.74) is 2.04. The van der Waals surface area contributed by atoms with Crippen LogP contribution in [0, 0.1) is 13.8 Å². The van der Waals surface area contributed by atoms with E-state index >= 15 is 0 Å². The number of rotatable bonds is 6. The Hall–Kier alpha value is -1.99. The summed E-state index contributed by atoms with van der Waals surface area (Å²) in [4.78, 5) is 14.5. The minimum Gasteiger partial charge on any atom is -0.483 e. The summed E-state index contributed by atoms with van der Waals surface area (Å²) in [5, 5.41) is 12.5. The van der Waals surface area contributed by atoms with Gasteiger partial charge in [0.05, 0.1) is 6.54 Å². The average molecular weight is 360 g/mol. The molecule has 1 saturated heterocycles. The van der Waals surface area contributed by atoms with Crippen LogP contribution in [-0.2, 0) is 11.3 Å². The van der Waals surface area contributed by atoms with Crippen molar-refractivity contribution in [3.8, 4) is 5.75 Å². The molecule has 25 heavy (non-hydrogen) atoms. The molecule has 134 valence electrons. The van der Waals surface area contributed by atoms with Gasteiger partial charge < -0.3 is 4.74 Å². The Morgan fingerprint density at radius 1 is 1.20 bits per heavy atom. The fourth-order valence-electron chi connectivity index (χ4n) is 3.00. The van der Waals surface area contributed by atoms with E-state index in [0.717, 1.165) is 41.5 Å². The van der Waals surface area contributed by atoms with E-state index in [1.165, 1.54) is 30.6 Å². The summed E-state index contributed by atoms with van der Waals surface area (Å²) in [7, 11) is 0. The van der Waals surface area contributed by atoms with Gasteiger partial charge in [-0.3, -0.25) is 15.0 Å². The third-order valence-corrected chi connectivity index (χ3v) is 5.10. The lowest BCUT2D eigenvalue weighted by molar-refractivity contribution is -0.118. The van der Waals surface area contributed by atoms with Gasteiger partial charge >= 0.3 is 0 Å². The molecule has 1 N–H and O–H groups in total. The molecule has 2 aromatic rings. The summed E-state index contributed by atoms with van der Waals surface area (Å²) in [6.45, 7) is 6.95. The standard InChI is InChI=1S/C18H24N4O2S/c1-13-7-6-8-14(2)17(13)24-12-15(23)19-18-21-20-16(25-18)11-22-9-4-3-5-10-22/h6-8H,3-5,9-12H2,1-2H3,(H,19,21,23). The van der Waals surface area contributed by atoms with Crippen LogP contribution in [0.1, 0.15) is 35.4 Å². The molecule has 1 aromatic heterocycles. The van der Waals surface area contributed by atoms with Crippen molar-refractivity contribution in [1.82, 2.24) is 15.1 Å². The predicted octanol–water partition coefficient (Wildman–Crippen LogP) is 3.16. The van der Waals surface area contributed by atoms with Crippen LogP contribution in [0.15, 0.2) is 18.2 Å². The zero-order valence-corrected chi connectivity index (χ0v) is 15.6. The van der Waals surface area contributed by atoms with Crippen LogP contribution in [0.4, 0.5) is 5.13 Å². The van der Waals surface area contributed by atoms with Crippen molar-refractivity contribution in [3.63, 3.8) is 0 Å². The van der Waals surface area contributed by atoms with Crippen molar-refractivity contribution in [2.75, 3.05) is 25.0 Å². The SMILES string of the molecule is Cc1cccc(C)c1OCC(=O)Nc1nnc(CN2CCCCC2)s1. The predicted molar refractivity (Wildman–Crippen MR) is 99.1 cm³/mol. The van der Waals surface area contributed by atoms with E-state index in [1.54, 1.807) is 0 Å². The highest BCUT2D eigenvalue weighted by atomic mass is 32.1. The number of hydrogen-bond donors (Lipinski definition) is 1. The zero-order chi connectivity index (χ0) is 17.6. The van der Waals surface area contributed by atoms with E-state index < -0.39 is 0 Å². The molecule has 0 bridgehead atoms. The lowest BCUT2D eigenvalue weighted by Crippen LogP contribution is -2.28. The number of likely N-dealkylation sites (tertiary alicyclic amines) is 1. The van der Waals surface area contributed by atoms with E-state index in [4.69, 9.17) is 4.74 Å². The van der Waals surface area contributed by atoms with E-state index in [2.05, 4.69) is 20.4 Å². The maximum absolute atomic E-state index is 12.1. The van der Waals surface area contributed by atoms with E-state index in [9.17, 15) is 4.79 Å². The molecule has 0 unspecified atom stereocenters. The molecule has 1 aliphatic heterocycles. The molecule has 3 rings (SSSR count). The van der Waals surface area contributed by atoms with Crippen LogP contribution < -0.4 is 10.1 Å². The first-order valence-corrected chi connectivity index (χ1v) is 9.47. The van der Waals surface area contributed by atoms with Crippen LogP contribution in [0.3, 0.4) is 0 Å². The first-order valence-electron chi connectivity index (χ1n) is 8.65. The number of piperidine rings is 1. The minimum absolute atomic E-state index is 0.0350. The third kappa shape index (κ3) is 4.99. The number of nitrogens with zero attached hydrogens (tertiary/aromatic N) is 3. The van der Waals surface area contributed by atoms with Gasteiger partial charge in [0.15, 0.2) is 6.61 Å². The quantitative estimate of drug-likeness (QED) is 0.857. The number of ether oxygens (including phenoxy) is 1. The second kappa shape index (κ2) is 8.40. The Bertz CT molecular complexity index is 705. The number of aryl methyl sites for hydroxylation is 2. The highest BCUT2D eigenvalue weighted by Crippen LogP contribution is 2.23. The summed E-state index contributed by atoms with van der Waals surface area (Å²) in [5.74, 6) is 0.545. The molecule has 0 saturated carbocycles. The van der Waals surface area contributed by atoms with E-state index in [-0.39, 0.29) is 12.5 Å². The molecule has 1 aliphatic rings. The van der Waals surface area contributed by atoms with Crippen molar-refractivity contribution in [2.24, 2.45) is 0 Å². The number of hydrogen-bond acceptors (Lipinski definition) is 6. The van der Waals surface area contributed by atoms with Gasteiger partial charge in [0, 0.05) is 0 Å². The first-order chi connectivity index (χ1) is 12.1. The molecule has 7 heteroatoms. The molecule has 1 amide bonds. The fourth-order valence-corrected chi connectivity index (χ4v) is 3.80. The number of nitrogens with one attached hydrogen (secondary N) is 1. The second-order valence-electron chi connectivity index (χ2n) is 6.40. The monoisotopic (exact) mass is 360 g/mol. The van der Waals surface area contributed by atoms with Gasteiger partial charge in [0.25, 0.3) is 5.91 Å². The molecular weight excluding hydrogens is 336 g/mol. The van der Waals surface area contributed by atoms with Crippen LogP contribution in [-0.4, -0.2) is 40.7 Å². The molecule has 1 aromatic carbocycles. The van der Waals surface area contributed by atoms with E-state index in [1.807, 2.05) is 32.0 Å². The molecule has 0 aliphatic carbocycles. The van der Waals surface area contributed by atoms with Gasteiger partial charge in [-0.25, -0.2) is 0 Å². The lowest BCUT2D eigenvalue weighted by Gasteiger charge is -2.24. The number of benzene rings is 1. The summed E-state index contributed by atoms with van der Waals surface area (Å²) in [6, 6.07) is 5.92. The van der Waals surface area contributed by atoms with Gasteiger partial charge in [-0.15, -0.1) is 10.2 Å². The number of anilines is 1. The van der Waals surface area contributed by atoms with Gasteiger partial charge in [0.2, 0.25) is 5.13 Å². The number of para-hydroxylation sites is 1. The number of amides is 1. The Morgan fingerprint density at radius 2 is 1.92 bits per heavy atom. The average Bonchev–Trinajstić information content (AvgIpc) is 3.02. The third-order valence-electron chi connectivity index (χ3n) is 4.28. The molecule has 6 nitrogen and oxygen atoms in total. The van der Waals surface area contributed by atoms with E-state index in [0.29, 0.717) is 5.13 Å². The number of carbonyl (C=O) groups is 1. The summed E-state index contributed by atoms with van der Waals surface area (Å²) in [6.07, 6.45) is 3.81. The van der Waals surface area contributed by atoms with Crippen molar-refractivity contribution >= 4 is 22.4 Å². The van der Waals surface area contributed by atoms with Gasteiger partial charge in [0.1, 0.15) is 10.8 Å². The summed E-state index contributed by atoms with van der Waals surface area (Å²) >= 11 is 1.43. The fraction of sp³-hybridized carbons (Fsp3) is 0.500. The van der Waals surface area contributed by atoms with Crippen LogP contribution in [0.2, 0.25) is 0 Å². The zero-order valence-electron chi connectivity index (χ0n) is 14.7.